The Morgan fingerprint density at radius 3 is 2.42 bits per heavy atom. The highest BCUT2D eigenvalue weighted by molar-refractivity contribution is 7.80. The number of nitrogens with one attached hydrogen (secondary N) is 3. The second kappa shape index (κ2) is 13.7. The monoisotopic (exact) mass is 531 g/mol. The Labute approximate surface area is 231 Å². The molecule has 0 aliphatic heterocycles. The van der Waals surface area contributed by atoms with Crippen LogP contribution in [-0.4, -0.2) is 30.1 Å². The van der Waals surface area contributed by atoms with Gasteiger partial charge in [-0.2, -0.15) is 0 Å². The van der Waals surface area contributed by atoms with Crippen molar-refractivity contribution in [2.45, 2.75) is 47.0 Å². The predicted octanol–water partition coefficient (Wildman–Crippen LogP) is 5.97. The van der Waals surface area contributed by atoms with Crippen LogP contribution in [0.4, 0.5) is 5.69 Å². The van der Waals surface area contributed by atoms with Gasteiger partial charge >= 0.3 is 0 Å². The third-order valence-electron chi connectivity index (χ3n) is 6.35. The molecule has 7 heteroatoms. The van der Waals surface area contributed by atoms with Gasteiger partial charge in [0.15, 0.2) is 5.11 Å². The molecule has 0 spiro atoms. The lowest BCUT2D eigenvalue weighted by molar-refractivity contribution is -0.128. The van der Waals surface area contributed by atoms with Crippen LogP contribution in [-0.2, 0) is 11.2 Å². The lowest BCUT2D eigenvalue weighted by Crippen LogP contribution is -2.42. The SMILES string of the molecule is Cc1ccc(C)c(OCCCC(C)(C)C(=O)NC(=S)Nc2ccccc2C(=O)NCCc2ccccc2)c1. The molecule has 3 N–H and O–H groups in total. The lowest BCUT2D eigenvalue weighted by atomic mass is 9.87. The van der Waals surface area contributed by atoms with E-state index in [1.165, 1.54) is 0 Å². The van der Waals surface area contributed by atoms with Gasteiger partial charge in [0.25, 0.3) is 5.91 Å². The topological polar surface area (TPSA) is 79.5 Å². The molecule has 0 saturated heterocycles. The fourth-order valence-electron chi connectivity index (χ4n) is 3.95. The number of ether oxygens (including phenoxy) is 1. The van der Waals surface area contributed by atoms with Crippen molar-refractivity contribution in [3.8, 4) is 5.75 Å². The van der Waals surface area contributed by atoms with Crippen LogP contribution in [0.1, 0.15) is 53.7 Å². The van der Waals surface area contributed by atoms with Crippen molar-refractivity contribution in [3.05, 3.63) is 95.1 Å². The molecule has 6 nitrogen and oxygen atoms in total. The summed E-state index contributed by atoms with van der Waals surface area (Å²) in [7, 11) is 0. The summed E-state index contributed by atoms with van der Waals surface area (Å²) in [4.78, 5) is 25.8. The van der Waals surface area contributed by atoms with Crippen molar-refractivity contribution in [1.29, 1.82) is 0 Å². The van der Waals surface area contributed by atoms with Gasteiger partial charge < -0.3 is 20.7 Å². The maximum absolute atomic E-state index is 13.0. The Bertz CT molecular complexity index is 1260. The molecule has 0 aliphatic carbocycles. The van der Waals surface area contributed by atoms with Crippen molar-refractivity contribution in [3.63, 3.8) is 0 Å². The molecule has 3 aromatic carbocycles. The molecule has 0 aromatic heterocycles. The minimum atomic E-state index is -0.648. The number of benzene rings is 3. The smallest absolute Gasteiger partial charge is 0.253 e. The van der Waals surface area contributed by atoms with Gasteiger partial charge in [-0.1, -0.05) is 68.4 Å². The van der Waals surface area contributed by atoms with Crippen LogP contribution in [0.25, 0.3) is 0 Å². The number of carbonyl (C=O) groups is 2. The van der Waals surface area contributed by atoms with E-state index in [4.69, 9.17) is 17.0 Å². The van der Waals surface area contributed by atoms with Crippen LogP contribution in [0, 0.1) is 19.3 Å². The average Bonchev–Trinajstić information content (AvgIpc) is 2.89. The number of para-hydroxylation sites is 1. The molecular formula is C31H37N3O3S. The quantitative estimate of drug-likeness (QED) is 0.210. The van der Waals surface area contributed by atoms with Crippen molar-refractivity contribution in [2.24, 2.45) is 5.41 Å². The van der Waals surface area contributed by atoms with E-state index in [1.807, 2.05) is 76.2 Å². The predicted molar refractivity (Wildman–Crippen MR) is 158 cm³/mol. The molecule has 0 saturated carbocycles. The number of aryl methyl sites for hydroxylation is 2. The highest BCUT2D eigenvalue weighted by Crippen LogP contribution is 2.24. The second-order valence-electron chi connectivity index (χ2n) is 10.1. The largest absolute Gasteiger partial charge is 0.493 e. The van der Waals surface area contributed by atoms with E-state index in [1.54, 1.807) is 18.2 Å². The van der Waals surface area contributed by atoms with E-state index in [9.17, 15) is 9.59 Å². The van der Waals surface area contributed by atoms with Gasteiger partial charge in [0.05, 0.1) is 17.9 Å². The van der Waals surface area contributed by atoms with Crippen LogP contribution >= 0.6 is 12.2 Å². The second-order valence-corrected chi connectivity index (χ2v) is 10.5. The van der Waals surface area contributed by atoms with Crippen molar-refractivity contribution >= 4 is 34.8 Å². The van der Waals surface area contributed by atoms with Crippen molar-refractivity contribution < 1.29 is 14.3 Å². The zero-order valence-electron chi connectivity index (χ0n) is 22.6. The summed E-state index contributed by atoms with van der Waals surface area (Å²) >= 11 is 5.41. The van der Waals surface area contributed by atoms with Gasteiger partial charge in [0, 0.05) is 12.0 Å². The first-order chi connectivity index (χ1) is 18.2. The molecule has 3 aromatic rings. The van der Waals surface area contributed by atoms with Gasteiger partial charge in [-0.3, -0.25) is 9.59 Å². The highest BCUT2D eigenvalue weighted by Gasteiger charge is 2.28. The molecule has 0 heterocycles. The molecular weight excluding hydrogens is 494 g/mol. The van der Waals surface area contributed by atoms with Crippen molar-refractivity contribution in [1.82, 2.24) is 10.6 Å². The minimum Gasteiger partial charge on any atom is -0.493 e. The zero-order valence-corrected chi connectivity index (χ0v) is 23.4. The number of amides is 2. The molecule has 0 fully saturated rings. The van der Waals surface area contributed by atoms with Gasteiger partial charge in [0.1, 0.15) is 5.75 Å². The van der Waals surface area contributed by atoms with E-state index in [2.05, 4.69) is 22.0 Å². The maximum Gasteiger partial charge on any atom is 0.253 e. The van der Waals surface area contributed by atoms with Gasteiger partial charge in [-0.25, -0.2) is 0 Å². The number of anilines is 1. The van der Waals surface area contributed by atoms with Crippen LogP contribution in [0.15, 0.2) is 72.8 Å². The number of hydrogen-bond donors (Lipinski definition) is 3. The third-order valence-corrected chi connectivity index (χ3v) is 6.56. The Hall–Kier alpha value is -3.71. The Morgan fingerprint density at radius 1 is 0.947 bits per heavy atom. The molecule has 2 amide bonds. The minimum absolute atomic E-state index is 0.152. The maximum atomic E-state index is 13.0. The number of hydrogen-bond acceptors (Lipinski definition) is 4. The molecule has 0 bridgehead atoms. The van der Waals surface area contributed by atoms with Gasteiger partial charge in [0.2, 0.25) is 5.91 Å². The molecule has 0 radical (unpaired) electrons. The third kappa shape index (κ3) is 8.70. The molecule has 3 rings (SSSR count). The van der Waals surface area contributed by atoms with Crippen molar-refractivity contribution in [2.75, 3.05) is 18.5 Å². The average molecular weight is 532 g/mol. The Balaban J connectivity index is 1.48. The summed E-state index contributed by atoms with van der Waals surface area (Å²) in [6.45, 7) is 8.87. The highest BCUT2D eigenvalue weighted by atomic mass is 32.1. The van der Waals surface area contributed by atoms with Crippen LogP contribution in [0.2, 0.25) is 0 Å². The summed E-state index contributed by atoms with van der Waals surface area (Å²) in [5, 5.41) is 8.90. The van der Waals surface area contributed by atoms with Crippen LogP contribution in [0.3, 0.4) is 0 Å². The molecule has 38 heavy (non-hydrogen) atoms. The van der Waals surface area contributed by atoms with E-state index in [0.29, 0.717) is 30.8 Å². The first-order valence-electron chi connectivity index (χ1n) is 12.9. The zero-order chi connectivity index (χ0) is 27.5. The van der Waals surface area contributed by atoms with E-state index >= 15 is 0 Å². The summed E-state index contributed by atoms with van der Waals surface area (Å²) in [6.07, 6.45) is 2.09. The normalized spacial score (nSPS) is 10.9. The first-order valence-corrected chi connectivity index (χ1v) is 13.3. The number of carbonyl (C=O) groups excluding carboxylic acids is 2. The van der Waals surface area contributed by atoms with Crippen LogP contribution in [0.5, 0.6) is 5.75 Å². The molecule has 0 unspecified atom stereocenters. The van der Waals surface area contributed by atoms with Gasteiger partial charge in [-0.15, -0.1) is 0 Å². The number of rotatable bonds is 11. The first kappa shape index (κ1) is 28.9. The van der Waals surface area contributed by atoms with E-state index in [-0.39, 0.29) is 16.9 Å². The Kier molecular flexibility index (Phi) is 10.4. The molecule has 0 atom stereocenters. The standard InChI is InChI=1S/C31H37N3O3S/c1-22-15-16-23(2)27(21-22)37-20-10-18-31(3,4)29(36)34-30(38)33-26-14-9-8-13-25(26)28(35)32-19-17-24-11-6-5-7-12-24/h5-9,11-16,21H,10,17-20H2,1-4H3,(H,32,35)(H2,33,34,36,38). The van der Waals surface area contributed by atoms with E-state index in [0.717, 1.165) is 35.3 Å². The molecule has 200 valence electrons. The summed E-state index contributed by atoms with van der Waals surface area (Å²) < 4.78 is 5.93. The lowest BCUT2D eigenvalue weighted by Gasteiger charge is -2.24. The Morgan fingerprint density at radius 2 is 1.66 bits per heavy atom. The van der Waals surface area contributed by atoms with E-state index < -0.39 is 5.41 Å². The van der Waals surface area contributed by atoms with Gasteiger partial charge in [-0.05, 0) is 80.2 Å². The summed E-state index contributed by atoms with van der Waals surface area (Å²) in [5.74, 6) is 0.481. The fourth-order valence-corrected chi connectivity index (χ4v) is 4.15. The fraction of sp³-hybridized carbons (Fsp3) is 0.323. The number of thiocarbonyl (C=S) groups is 1. The summed E-state index contributed by atoms with van der Waals surface area (Å²) in [6, 6.07) is 23.2. The van der Waals surface area contributed by atoms with Crippen LogP contribution < -0.4 is 20.7 Å². The molecule has 0 aliphatic rings. The summed E-state index contributed by atoms with van der Waals surface area (Å²) in [5.41, 5.74) is 3.74.